The number of aliphatic hydroxyl groups excluding tert-OH is 1. The lowest BCUT2D eigenvalue weighted by Gasteiger charge is -2.18. The summed E-state index contributed by atoms with van der Waals surface area (Å²) in [5, 5.41) is 18.3. The van der Waals surface area contributed by atoms with E-state index in [9.17, 15) is 5.11 Å². The van der Waals surface area contributed by atoms with E-state index in [-0.39, 0.29) is 6.61 Å². The van der Waals surface area contributed by atoms with Crippen LogP contribution in [0.1, 0.15) is 38.7 Å². The Balaban J connectivity index is 2.03. The van der Waals surface area contributed by atoms with Gasteiger partial charge in [0, 0.05) is 19.7 Å². The third kappa shape index (κ3) is 6.75. The zero-order valence-electron chi connectivity index (χ0n) is 16.8. The van der Waals surface area contributed by atoms with E-state index in [1.165, 1.54) is 16.3 Å². The highest BCUT2D eigenvalue weighted by Crippen LogP contribution is 2.22. The molecule has 1 unspecified atom stereocenters. The minimum Gasteiger partial charge on any atom is -0.497 e. The van der Waals surface area contributed by atoms with Crippen molar-refractivity contribution in [2.24, 2.45) is 10.9 Å². The largest absolute Gasteiger partial charge is 0.497 e. The maximum atomic E-state index is 9.22. The van der Waals surface area contributed by atoms with Gasteiger partial charge in [-0.3, -0.25) is 0 Å². The molecule has 0 radical (unpaired) electrons. The molecule has 0 bridgehead atoms. The van der Waals surface area contributed by atoms with Crippen LogP contribution in [0.15, 0.2) is 41.4 Å². The Hall–Kier alpha value is -2.27. The predicted octanol–water partition coefficient (Wildman–Crippen LogP) is 3.70. The van der Waals surface area contributed by atoms with Crippen LogP contribution in [0.2, 0.25) is 0 Å². The zero-order chi connectivity index (χ0) is 19.5. The van der Waals surface area contributed by atoms with Gasteiger partial charge in [0.15, 0.2) is 5.96 Å². The number of guanidine groups is 1. The molecule has 0 amide bonds. The smallest absolute Gasteiger partial charge is 0.191 e. The molecule has 1 atom stereocenters. The highest BCUT2D eigenvalue weighted by atomic mass is 16.5. The van der Waals surface area contributed by atoms with Gasteiger partial charge in [0.05, 0.1) is 13.7 Å². The van der Waals surface area contributed by atoms with Crippen LogP contribution < -0.4 is 15.4 Å². The summed E-state index contributed by atoms with van der Waals surface area (Å²) in [5.41, 5.74) is 1.17. The average Bonchev–Trinajstić information content (AvgIpc) is 2.69. The Labute approximate surface area is 162 Å². The molecule has 2 aromatic rings. The Morgan fingerprint density at radius 1 is 1.07 bits per heavy atom. The van der Waals surface area contributed by atoms with Crippen LogP contribution in [0.25, 0.3) is 10.8 Å². The summed E-state index contributed by atoms with van der Waals surface area (Å²) in [5.74, 6) is 2.17. The van der Waals surface area contributed by atoms with Crippen LogP contribution in [0, 0.1) is 5.92 Å². The Morgan fingerprint density at radius 2 is 1.85 bits per heavy atom. The molecule has 0 aliphatic heterocycles. The van der Waals surface area contributed by atoms with E-state index < -0.39 is 0 Å². The summed E-state index contributed by atoms with van der Waals surface area (Å²) >= 11 is 0. The van der Waals surface area contributed by atoms with Crippen LogP contribution in [0.5, 0.6) is 5.75 Å². The van der Waals surface area contributed by atoms with Crippen molar-refractivity contribution in [3.05, 3.63) is 42.0 Å². The summed E-state index contributed by atoms with van der Waals surface area (Å²) in [6, 6.07) is 12.5. The molecule has 0 heterocycles. The van der Waals surface area contributed by atoms with Crippen molar-refractivity contribution in [1.29, 1.82) is 0 Å². The average molecular weight is 372 g/mol. The minimum absolute atomic E-state index is 0.238. The molecule has 0 fully saturated rings. The first kappa shape index (κ1) is 21.0. The van der Waals surface area contributed by atoms with Gasteiger partial charge in [-0.15, -0.1) is 0 Å². The first-order valence-corrected chi connectivity index (χ1v) is 9.89. The van der Waals surface area contributed by atoms with Gasteiger partial charge in [-0.05, 0) is 60.2 Å². The molecule has 27 heavy (non-hydrogen) atoms. The monoisotopic (exact) mass is 371 g/mol. The number of aliphatic hydroxyl groups is 1. The summed E-state index contributed by atoms with van der Waals surface area (Å²) in [7, 11) is 1.69. The molecule has 0 aliphatic carbocycles. The highest BCUT2D eigenvalue weighted by Gasteiger charge is 2.08. The SMILES string of the molecule is CCCC(CCO)CNC(=NCc1ccc2cc(OC)ccc2c1)NCC. The molecule has 0 aromatic heterocycles. The van der Waals surface area contributed by atoms with Gasteiger partial charge >= 0.3 is 0 Å². The second-order valence-electron chi connectivity index (χ2n) is 6.79. The molecule has 3 N–H and O–H groups in total. The summed E-state index contributed by atoms with van der Waals surface area (Å²) in [6.45, 7) is 6.76. The van der Waals surface area contributed by atoms with Gasteiger partial charge < -0.3 is 20.5 Å². The molecule has 5 heteroatoms. The standard InChI is InChI=1S/C22H33N3O2/c1-4-6-17(11-12-26)15-24-22(23-5-2)25-16-18-7-8-20-14-21(27-3)10-9-19(20)13-18/h7-10,13-14,17,26H,4-6,11-12,15-16H2,1-3H3,(H2,23,24,25). The van der Waals surface area contributed by atoms with E-state index >= 15 is 0 Å². The predicted molar refractivity (Wildman–Crippen MR) is 113 cm³/mol. The number of ether oxygens (including phenoxy) is 1. The van der Waals surface area contributed by atoms with Crippen LogP contribution in [0.4, 0.5) is 0 Å². The van der Waals surface area contributed by atoms with Gasteiger partial charge in [-0.2, -0.15) is 0 Å². The van der Waals surface area contributed by atoms with Gasteiger partial charge in [-0.25, -0.2) is 4.99 Å². The maximum Gasteiger partial charge on any atom is 0.191 e. The second-order valence-corrected chi connectivity index (χ2v) is 6.79. The molecule has 2 aromatic carbocycles. The molecule has 0 spiro atoms. The fourth-order valence-electron chi connectivity index (χ4n) is 3.19. The minimum atomic E-state index is 0.238. The highest BCUT2D eigenvalue weighted by molar-refractivity contribution is 5.84. The van der Waals surface area contributed by atoms with Crippen LogP contribution in [-0.4, -0.2) is 37.9 Å². The number of benzene rings is 2. The van der Waals surface area contributed by atoms with Crippen LogP contribution >= 0.6 is 0 Å². The quantitative estimate of drug-likeness (QED) is 0.440. The normalized spacial score (nSPS) is 12.8. The lowest BCUT2D eigenvalue weighted by molar-refractivity contribution is 0.251. The molecule has 0 aliphatic rings. The van der Waals surface area contributed by atoms with Gasteiger partial charge in [0.2, 0.25) is 0 Å². The van der Waals surface area contributed by atoms with E-state index in [0.717, 1.165) is 44.1 Å². The number of hydrogen-bond donors (Lipinski definition) is 3. The fraction of sp³-hybridized carbons (Fsp3) is 0.500. The van der Waals surface area contributed by atoms with Crippen LogP contribution in [0.3, 0.4) is 0 Å². The number of fused-ring (bicyclic) bond motifs is 1. The second kappa shape index (κ2) is 11.4. The molecule has 148 valence electrons. The van der Waals surface area contributed by atoms with Crippen molar-refractivity contribution in [2.75, 3.05) is 26.8 Å². The number of nitrogens with one attached hydrogen (secondary N) is 2. The van der Waals surface area contributed by atoms with Gasteiger partial charge in [-0.1, -0.05) is 31.5 Å². The van der Waals surface area contributed by atoms with Crippen molar-refractivity contribution < 1.29 is 9.84 Å². The van der Waals surface area contributed by atoms with Gasteiger partial charge in [0.25, 0.3) is 0 Å². The lowest BCUT2D eigenvalue weighted by atomic mass is 10.0. The Morgan fingerprint density at radius 3 is 2.56 bits per heavy atom. The van der Waals surface area contributed by atoms with Gasteiger partial charge in [0.1, 0.15) is 5.75 Å². The van der Waals surface area contributed by atoms with E-state index in [0.29, 0.717) is 12.5 Å². The number of aliphatic imine (C=N–C) groups is 1. The summed E-state index contributed by atoms with van der Waals surface area (Å²) in [6.07, 6.45) is 3.07. The molecule has 0 saturated carbocycles. The fourth-order valence-corrected chi connectivity index (χ4v) is 3.19. The summed E-state index contributed by atoms with van der Waals surface area (Å²) < 4.78 is 5.29. The molecular weight excluding hydrogens is 338 g/mol. The molecule has 2 rings (SSSR count). The lowest BCUT2D eigenvalue weighted by Crippen LogP contribution is -2.40. The first-order valence-electron chi connectivity index (χ1n) is 9.89. The van der Waals surface area contributed by atoms with E-state index in [4.69, 9.17) is 9.73 Å². The zero-order valence-corrected chi connectivity index (χ0v) is 16.8. The van der Waals surface area contributed by atoms with Crippen molar-refractivity contribution >= 4 is 16.7 Å². The third-order valence-corrected chi connectivity index (χ3v) is 4.67. The maximum absolute atomic E-state index is 9.22. The van der Waals surface area contributed by atoms with Crippen molar-refractivity contribution in [1.82, 2.24) is 10.6 Å². The molecule has 5 nitrogen and oxygen atoms in total. The number of methoxy groups -OCH3 is 1. The van der Waals surface area contributed by atoms with Crippen LogP contribution in [-0.2, 0) is 6.54 Å². The number of rotatable bonds is 10. The Kier molecular flexibility index (Phi) is 8.92. The van der Waals surface area contributed by atoms with E-state index in [1.54, 1.807) is 7.11 Å². The number of nitrogens with zero attached hydrogens (tertiary/aromatic N) is 1. The Bertz CT molecular complexity index is 725. The summed E-state index contributed by atoms with van der Waals surface area (Å²) in [4.78, 5) is 4.72. The van der Waals surface area contributed by atoms with Crippen molar-refractivity contribution in [3.63, 3.8) is 0 Å². The van der Waals surface area contributed by atoms with Crippen molar-refractivity contribution in [3.8, 4) is 5.75 Å². The van der Waals surface area contributed by atoms with Crippen molar-refractivity contribution in [2.45, 2.75) is 39.7 Å². The first-order chi connectivity index (χ1) is 13.2. The number of hydrogen-bond acceptors (Lipinski definition) is 3. The molecule has 0 saturated heterocycles. The van der Waals surface area contributed by atoms with E-state index in [2.05, 4.69) is 48.7 Å². The third-order valence-electron chi connectivity index (χ3n) is 4.67. The topological polar surface area (TPSA) is 65.9 Å². The molecular formula is C22H33N3O2. The van der Waals surface area contributed by atoms with E-state index in [1.807, 2.05) is 12.1 Å².